The first kappa shape index (κ1) is 22.9. The van der Waals surface area contributed by atoms with Gasteiger partial charge in [0.1, 0.15) is 5.69 Å². The summed E-state index contributed by atoms with van der Waals surface area (Å²) in [7, 11) is 0. The van der Waals surface area contributed by atoms with Gasteiger partial charge in [-0.25, -0.2) is 4.98 Å². The highest BCUT2D eigenvalue weighted by molar-refractivity contribution is 5.81. The van der Waals surface area contributed by atoms with Gasteiger partial charge in [0.2, 0.25) is 0 Å². The average Bonchev–Trinajstić information content (AvgIpc) is 3.37. The van der Waals surface area contributed by atoms with Crippen LogP contribution in [-0.4, -0.2) is 25.1 Å². The van der Waals surface area contributed by atoms with Crippen LogP contribution in [0.4, 0.5) is 0 Å². The van der Waals surface area contributed by atoms with Crippen molar-refractivity contribution >= 4 is 23.8 Å². The predicted octanol–water partition coefficient (Wildman–Crippen LogP) is 5.03. The highest BCUT2D eigenvalue weighted by Gasteiger charge is 2.16. The molecule has 2 N–H and O–H groups in total. The number of aromatic nitrogens is 5. The van der Waals surface area contributed by atoms with Crippen molar-refractivity contribution < 1.29 is 0 Å². The Morgan fingerprint density at radius 1 is 1.00 bits per heavy atom. The Morgan fingerprint density at radius 2 is 1.79 bits per heavy atom. The SMILES string of the molecule is C=C/C=C(/c1cccc(C)c1)c1nc(-c2n[nH]/c(=C/C=C(\C)c3cncc(C)c3)c2=C)[nH]c1C. The molecule has 4 rings (SSSR count). The van der Waals surface area contributed by atoms with Gasteiger partial charge in [-0.05, 0) is 62.1 Å². The Balaban J connectivity index is 1.71. The van der Waals surface area contributed by atoms with Crippen molar-refractivity contribution in [3.63, 3.8) is 0 Å². The molecule has 0 aliphatic heterocycles. The van der Waals surface area contributed by atoms with E-state index in [1.54, 1.807) is 6.08 Å². The van der Waals surface area contributed by atoms with Gasteiger partial charge in [0.05, 0.1) is 11.0 Å². The Morgan fingerprint density at radius 3 is 2.53 bits per heavy atom. The van der Waals surface area contributed by atoms with Crippen molar-refractivity contribution in [2.75, 3.05) is 0 Å². The largest absolute Gasteiger partial charge is 0.340 e. The number of nitrogens with zero attached hydrogens (tertiary/aromatic N) is 3. The van der Waals surface area contributed by atoms with E-state index in [-0.39, 0.29) is 0 Å². The molecule has 0 aliphatic rings. The fraction of sp³-hybridized carbons (Fsp3) is 0.138. The lowest BCUT2D eigenvalue weighted by molar-refractivity contribution is 1.05. The summed E-state index contributed by atoms with van der Waals surface area (Å²) in [5.74, 6) is 0.680. The molecule has 5 heteroatoms. The standard InChI is InChI=1S/C29H29N5/c1-7-9-25(23-11-8-10-18(2)14-23)28-22(6)31-29(32-28)27-21(5)26(33-34-27)13-12-20(4)24-15-19(3)16-30-17-24/h7-17,33H,1,5H2,2-4,6H3,(H,31,32)/b20-12+,25-9-,26-13+. The summed E-state index contributed by atoms with van der Waals surface area (Å²) in [6.07, 6.45) is 11.5. The third kappa shape index (κ3) is 4.74. The van der Waals surface area contributed by atoms with Gasteiger partial charge in [0, 0.05) is 28.9 Å². The number of hydrogen-bond donors (Lipinski definition) is 2. The molecular weight excluding hydrogens is 418 g/mol. The second kappa shape index (κ2) is 9.71. The van der Waals surface area contributed by atoms with E-state index in [0.717, 1.165) is 49.8 Å². The van der Waals surface area contributed by atoms with Crippen LogP contribution in [0.3, 0.4) is 0 Å². The van der Waals surface area contributed by atoms with Crippen LogP contribution in [0.15, 0.2) is 67.5 Å². The highest BCUT2D eigenvalue weighted by atomic mass is 15.1. The maximum Gasteiger partial charge on any atom is 0.159 e. The first-order valence-corrected chi connectivity index (χ1v) is 11.2. The normalized spacial score (nSPS) is 12.9. The van der Waals surface area contributed by atoms with Crippen LogP contribution in [0.5, 0.6) is 0 Å². The minimum absolute atomic E-state index is 0.680. The van der Waals surface area contributed by atoms with Gasteiger partial charge >= 0.3 is 0 Å². The number of nitrogens with one attached hydrogen (secondary N) is 2. The fourth-order valence-electron chi connectivity index (χ4n) is 3.86. The molecule has 5 nitrogen and oxygen atoms in total. The molecule has 0 amide bonds. The zero-order valence-electron chi connectivity index (χ0n) is 20.1. The molecule has 0 unspecified atom stereocenters. The molecule has 4 aromatic rings. The van der Waals surface area contributed by atoms with E-state index in [9.17, 15) is 0 Å². The Bertz CT molecular complexity index is 1530. The number of H-pyrrole nitrogens is 2. The predicted molar refractivity (Wildman–Crippen MR) is 141 cm³/mol. The zero-order chi connectivity index (χ0) is 24.2. The maximum absolute atomic E-state index is 4.90. The van der Waals surface area contributed by atoms with Crippen LogP contribution in [0.2, 0.25) is 0 Å². The van der Waals surface area contributed by atoms with Gasteiger partial charge in [0.25, 0.3) is 0 Å². The summed E-state index contributed by atoms with van der Waals surface area (Å²) in [5.41, 5.74) is 9.16. The maximum atomic E-state index is 4.90. The summed E-state index contributed by atoms with van der Waals surface area (Å²) >= 11 is 0. The molecule has 0 aliphatic carbocycles. The van der Waals surface area contributed by atoms with Gasteiger partial charge in [-0.1, -0.05) is 61.2 Å². The average molecular weight is 448 g/mol. The fourth-order valence-corrected chi connectivity index (χ4v) is 3.86. The van der Waals surface area contributed by atoms with Gasteiger partial charge in [-0.15, -0.1) is 0 Å². The van der Waals surface area contributed by atoms with E-state index in [0.29, 0.717) is 11.5 Å². The number of aryl methyl sites for hydroxylation is 3. The molecule has 0 saturated heterocycles. The minimum atomic E-state index is 0.680. The quantitative estimate of drug-likeness (QED) is 0.407. The number of allylic oxidation sites excluding steroid dienone is 4. The molecule has 0 saturated carbocycles. The van der Waals surface area contributed by atoms with Crippen LogP contribution >= 0.6 is 0 Å². The van der Waals surface area contributed by atoms with Crippen LogP contribution in [0.25, 0.3) is 35.3 Å². The summed E-state index contributed by atoms with van der Waals surface area (Å²) < 4.78 is 0. The van der Waals surface area contributed by atoms with Crippen molar-refractivity contribution in [3.05, 3.63) is 112 Å². The topological polar surface area (TPSA) is 70.2 Å². The molecule has 0 spiro atoms. The molecule has 34 heavy (non-hydrogen) atoms. The number of benzene rings is 1. The molecule has 3 heterocycles. The minimum Gasteiger partial charge on any atom is -0.340 e. The lowest BCUT2D eigenvalue weighted by atomic mass is 9.99. The zero-order valence-corrected chi connectivity index (χ0v) is 20.1. The number of hydrogen-bond acceptors (Lipinski definition) is 3. The van der Waals surface area contributed by atoms with Crippen LogP contribution in [0.1, 0.15) is 40.6 Å². The summed E-state index contributed by atoms with van der Waals surface area (Å²) in [5, 5.41) is 9.23. The van der Waals surface area contributed by atoms with Crippen molar-refractivity contribution in [2.45, 2.75) is 27.7 Å². The smallest absolute Gasteiger partial charge is 0.159 e. The number of imidazole rings is 1. The van der Waals surface area contributed by atoms with E-state index in [1.165, 1.54) is 5.56 Å². The van der Waals surface area contributed by atoms with Gasteiger partial charge in [-0.3, -0.25) is 10.1 Å². The second-order valence-corrected chi connectivity index (χ2v) is 8.48. The first-order chi connectivity index (χ1) is 16.4. The monoisotopic (exact) mass is 447 g/mol. The second-order valence-electron chi connectivity index (χ2n) is 8.48. The summed E-state index contributed by atoms with van der Waals surface area (Å²) in [6, 6.07) is 10.5. The van der Waals surface area contributed by atoms with E-state index >= 15 is 0 Å². The molecule has 3 aromatic heterocycles. The van der Waals surface area contributed by atoms with E-state index in [4.69, 9.17) is 4.98 Å². The molecule has 0 fully saturated rings. The van der Waals surface area contributed by atoms with Crippen molar-refractivity contribution in [1.82, 2.24) is 25.1 Å². The number of aromatic amines is 2. The van der Waals surface area contributed by atoms with Crippen LogP contribution in [0, 0.1) is 20.8 Å². The van der Waals surface area contributed by atoms with Crippen molar-refractivity contribution in [3.8, 4) is 11.5 Å². The summed E-state index contributed by atoms with van der Waals surface area (Å²) in [4.78, 5) is 12.6. The van der Waals surface area contributed by atoms with Gasteiger partial charge in [-0.2, -0.15) is 5.10 Å². The van der Waals surface area contributed by atoms with Gasteiger partial charge in [0.15, 0.2) is 5.82 Å². The Kier molecular flexibility index (Phi) is 6.55. The molecule has 0 radical (unpaired) electrons. The lowest BCUT2D eigenvalue weighted by Crippen LogP contribution is -2.21. The Hall–Kier alpha value is -4.25. The third-order valence-corrected chi connectivity index (χ3v) is 5.71. The highest BCUT2D eigenvalue weighted by Crippen LogP contribution is 2.27. The lowest BCUT2D eigenvalue weighted by Gasteiger charge is -2.07. The molecule has 0 bridgehead atoms. The van der Waals surface area contributed by atoms with Crippen LogP contribution in [-0.2, 0) is 0 Å². The van der Waals surface area contributed by atoms with Gasteiger partial charge < -0.3 is 4.98 Å². The van der Waals surface area contributed by atoms with E-state index in [1.807, 2.05) is 44.5 Å². The first-order valence-electron chi connectivity index (χ1n) is 11.2. The molecular formula is C29H29N5. The third-order valence-electron chi connectivity index (χ3n) is 5.71. The molecule has 1 aromatic carbocycles. The Labute approximate surface area is 200 Å². The van der Waals surface area contributed by atoms with E-state index < -0.39 is 0 Å². The summed E-state index contributed by atoms with van der Waals surface area (Å²) in [6.45, 7) is 16.3. The molecule has 170 valence electrons. The van der Waals surface area contributed by atoms with Crippen molar-refractivity contribution in [1.29, 1.82) is 0 Å². The van der Waals surface area contributed by atoms with E-state index in [2.05, 4.69) is 77.5 Å². The van der Waals surface area contributed by atoms with Crippen LogP contribution < -0.4 is 10.6 Å². The molecule has 0 atom stereocenters. The number of pyridine rings is 1. The number of rotatable bonds is 6. The van der Waals surface area contributed by atoms with Crippen molar-refractivity contribution in [2.24, 2.45) is 0 Å².